The van der Waals surface area contributed by atoms with Crippen LogP contribution in [0.2, 0.25) is 0 Å². The fraction of sp³-hybridized carbons (Fsp3) is 0.0714. The average molecular weight is 254 g/mol. The Labute approximate surface area is 109 Å². The van der Waals surface area contributed by atoms with Crippen LogP contribution in [0, 0.1) is 11.3 Å². The highest BCUT2D eigenvalue weighted by molar-refractivity contribution is 7.10. The summed E-state index contributed by atoms with van der Waals surface area (Å²) in [7, 11) is 0. The molecule has 0 saturated heterocycles. The molecule has 1 unspecified atom stereocenters. The van der Waals surface area contributed by atoms with Gasteiger partial charge in [-0.2, -0.15) is 5.26 Å². The third-order valence-corrected chi connectivity index (χ3v) is 3.89. The average Bonchev–Trinajstić information content (AvgIpc) is 2.90. The summed E-state index contributed by atoms with van der Waals surface area (Å²) in [6.07, 6.45) is 0. The summed E-state index contributed by atoms with van der Waals surface area (Å²) in [4.78, 5) is 1.10. The van der Waals surface area contributed by atoms with Crippen molar-refractivity contribution in [3.05, 3.63) is 63.7 Å². The summed E-state index contributed by atoms with van der Waals surface area (Å²) in [5, 5.41) is 11.3. The normalized spacial score (nSPS) is 17.8. The Morgan fingerprint density at radius 1 is 1.22 bits per heavy atom. The Kier molecular flexibility index (Phi) is 2.54. The van der Waals surface area contributed by atoms with E-state index >= 15 is 0 Å². The first kappa shape index (κ1) is 10.9. The van der Waals surface area contributed by atoms with Crippen LogP contribution in [0.5, 0.6) is 5.75 Å². The molecule has 3 nitrogen and oxygen atoms in total. The van der Waals surface area contributed by atoms with Gasteiger partial charge in [0.1, 0.15) is 17.4 Å². The molecule has 2 heterocycles. The van der Waals surface area contributed by atoms with E-state index in [1.54, 1.807) is 11.3 Å². The molecule has 2 aromatic rings. The first-order chi connectivity index (χ1) is 8.81. The molecule has 1 aromatic heterocycles. The van der Waals surface area contributed by atoms with Crippen molar-refractivity contribution in [2.24, 2.45) is 5.73 Å². The maximum Gasteiger partial charge on any atom is 0.205 e. The van der Waals surface area contributed by atoms with Gasteiger partial charge >= 0.3 is 0 Å². The fourth-order valence-electron chi connectivity index (χ4n) is 2.15. The van der Waals surface area contributed by atoms with Gasteiger partial charge in [-0.3, -0.25) is 0 Å². The van der Waals surface area contributed by atoms with Crippen LogP contribution in [-0.4, -0.2) is 0 Å². The highest BCUT2D eigenvalue weighted by Crippen LogP contribution is 2.42. The fourth-order valence-corrected chi connectivity index (χ4v) is 3.01. The lowest BCUT2D eigenvalue weighted by Gasteiger charge is -2.25. The standard InChI is InChI=1S/C14H10N2OS/c15-8-10-13(12-6-3-7-18-12)9-4-1-2-5-11(9)17-14(10)16/h1-7,13H,16H2. The molecular weight excluding hydrogens is 244 g/mol. The van der Waals surface area contributed by atoms with Crippen LogP contribution in [-0.2, 0) is 0 Å². The minimum absolute atomic E-state index is 0.111. The third-order valence-electron chi connectivity index (χ3n) is 2.95. The molecule has 0 amide bonds. The SMILES string of the molecule is N#CC1=C(N)Oc2ccccc2C1c1cccs1. The second kappa shape index (κ2) is 4.21. The number of thiophene rings is 1. The van der Waals surface area contributed by atoms with E-state index in [1.807, 2.05) is 41.8 Å². The number of nitrogens with zero attached hydrogens (tertiary/aromatic N) is 1. The van der Waals surface area contributed by atoms with E-state index in [4.69, 9.17) is 10.5 Å². The van der Waals surface area contributed by atoms with Crippen molar-refractivity contribution >= 4 is 11.3 Å². The number of nitriles is 1. The summed E-state index contributed by atoms with van der Waals surface area (Å²) in [5.41, 5.74) is 7.31. The molecule has 4 heteroatoms. The lowest BCUT2D eigenvalue weighted by molar-refractivity contribution is 0.394. The van der Waals surface area contributed by atoms with Gasteiger partial charge in [-0.25, -0.2) is 0 Å². The monoisotopic (exact) mass is 254 g/mol. The van der Waals surface area contributed by atoms with Crippen molar-refractivity contribution in [1.82, 2.24) is 0 Å². The zero-order valence-corrected chi connectivity index (χ0v) is 10.3. The minimum Gasteiger partial charge on any atom is -0.440 e. The minimum atomic E-state index is -0.111. The van der Waals surface area contributed by atoms with Gasteiger partial charge in [0.25, 0.3) is 0 Å². The highest BCUT2D eigenvalue weighted by Gasteiger charge is 2.30. The van der Waals surface area contributed by atoms with E-state index in [0.29, 0.717) is 5.57 Å². The molecule has 0 bridgehead atoms. The molecule has 0 aliphatic carbocycles. The van der Waals surface area contributed by atoms with Gasteiger partial charge in [-0.05, 0) is 17.5 Å². The maximum absolute atomic E-state index is 9.29. The predicted molar refractivity (Wildman–Crippen MR) is 70.1 cm³/mol. The Hall–Kier alpha value is -2.25. The second-order valence-electron chi connectivity index (χ2n) is 3.98. The number of hydrogen-bond acceptors (Lipinski definition) is 4. The van der Waals surface area contributed by atoms with Crippen LogP contribution < -0.4 is 10.5 Å². The molecule has 0 spiro atoms. The molecule has 0 saturated carbocycles. The van der Waals surface area contributed by atoms with Gasteiger partial charge < -0.3 is 10.5 Å². The molecule has 1 aromatic carbocycles. The molecule has 18 heavy (non-hydrogen) atoms. The van der Waals surface area contributed by atoms with E-state index in [-0.39, 0.29) is 11.8 Å². The van der Waals surface area contributed by atoms with Crippen LogP contribution in [0.1, 0.15) is 16.4 Å². The van der Waals surface area contributed by atoms with Crippen LogP contribution in [0.3, 0.4) is 0 Å². The maximum atomic E-state index is 9.29. The molecule has 1 aliphatic heterocycles. The third kappa shape index (κ3) is 1.57. The Bertz CT molecular complexity index is 653. The Morgan fingerprint density at radius 2 is 2.06 bits per heavy atom. The number of benzene rings is 1. The molecular formula is C14H10N2OS. The first-order valence-electron chi connectivity index (χ1n) is 5.51. The number of nitrogens with two attached hydrogens (primary N) is 1. The van der Waals surface area contributed by atoms with Crippen molar-refractivity contribution in [1.29, 1.82) is 5.26 Å². The molecule has 1 atom stereocenters. The Balaban J connectivity index is 2.23. The lowest BCUT2D eigenvalue weighted by atomic mass is 9.88. The molecule has 3 rings (SSSR count). The van der Waals surface area contributed by atoms with Gasteiger partial charge in [0.2, 0.25) is 5.88 Å². The second-order valence-corrected chi connectivity index (χ2v) is 4.96. The first-order valence-corrected chi connectivity index (χ1v) is 6.39. The van der Waals surface area contributed by atoms with Gasteiger partial charge in [0.15, 0.2) is 0 Å². The van der Waals surface area contributed by atoms with Gasteiger partial charge in [-0.1, -0.05) is 24.3 Å². The van der Waals surface area contributed by atoms with Gasteiger partial charge in [-0.15, -0.1) is 11.3 Å². The number of ether oxygens (including phenoxy) is 1. The summed E-state index contributed by atoms with van der Waals surface area (Å²) in [6, 6.07) is 13.8. The van der Waals surface area contributed by atoms with Crippen LogP contribution >= 0.6 is 11.3 Å². The van der Waals surface area contributed by atoms with Gasteiger partial charge in [0.05, 0.1) is 5.92 Å². The summed E-state index contributed by atoms with van der Waals surface area (Å²) in [5.74, 6) is 0.821. The molecule has 88 valence electrons. The van der Waals surface area contributed by atoms with Crippen LogP contribution in [0.25, 0.3) is 0 Å². The summed E-state index contributed by atoms with van der Waals surface area (Å²) >= 11 is 1.62. The largest absolute Gasteiger partial charge is 0.440 e. The van der Waals surface area contributed by atoms with Gasteiger partial charge in [0, 0.05) is 10.4 Å². The van der Waals surface area contributed by atoms with Crippen LogP contribution in [0.15, 0.2) is 53.2 Å². The predicted octanol–water partition coefficient (Wildman–Crippen LogP) is 2.97. The molecule has 1 aliphatic rings. The quantitative estimate of drug-likeness (QED) is 0.851. The van der Waals surface area contributed by atoms with E-state index in [1.165, 1.54) is 0 Å². The number of fused-ring (bicyclic) bond motifs is 1. The lowest BCUT2D eigenvalue weighted by Crippen LogP contribution is -2.20. The van der Waals surface area contributed by atoms with E-state index in [0.717, 1.165) is 16.2 Å². The van der Waals surface area contributed by atoms with Crippen molar-refractivity contribution in [3.63, 3.8) is 0 Å². The molecule has 2 N–H and O–H groups in total. The summed E-state index contributed by atoms with van der Waals surface area (Å²) in [6.45, 7) is 0. The summed E-state index contributed by atoms with van der Waals surface area (Å²) < 4.78 is 5.50. The topological polar surface area (TPSA) is 59.0 Å². The zero-order chi connectivity index (χ0) is 12.5. The highest BCUT2D eigenvalue weighted by atomic mass is 32.1. The number of rotatable bonds is 1. The van der Waals surface area contributed by atoms with Crippen molar-refractivity contribution in [2.45, 2.75) is 5.92 Å². The van der Waals surface area contributed by atoms with Crippen molar-refractivity contribution in [2.75, 3.05) is 0 Å². The Morgan fingerprint density at radius 3 is 2.78 bits per heavy atom. The van der Waals surface area contributed by atoms with E-state index < -0.39 is 0 Å². The molecule has 0 radical (unpaired) electrons. The number of hydrogen-bond donors (Lipinski definition) is 1. The zero-order valence-electron chi connectivity index (χ0n) is 9.46. The number of para-hydroxylation sites is 1. The molecule has 0 fully saturated rings. The van der Waals surface area contributed by atoms with Crippen molar-refractivity contribution in [3.8, 4) is 11.8 Å². The smallest absolute Gasteiger partial charge is 0.205 e. The van der Waals surface area contributed by atoms with E-state index in [2.05, 4.69) is 6.07 Å². The van der Waals surface area contributed by atoms with E-state index in [9.17, 15) is 5.26 Å². The van der Waals surface area contributed by atoms with Crippen molar-refractivity contribution < 1.29 is 4.74 Å². The number of allylic oxidation sites excluding steroid dienone is 1. The van der Waals surface area contributed by atoms with Crippen LogP contribution in [0.4, 0.5) is 0 Å².